The van der Waals surface area contributed by atoms with Crippen molar-refractivity contribution in [3.63, 3.8) is 0 Å². The molecule has 0 saturated heterocycles. The van der Waals surface area contributed by atoms with Crippen LogP contribution in [0, 0.1) is 5.82 Å². The third-order valence-corrected chi connectivity index (χ3v) is 4.63. The van der Waals surface area contributed by atoms with Gasteiger partial charge in [-0.3, -0.25) is 9.59 Å². The van der Waals surface area contributed by atoms with Crippen LogP contribution in [0.3, 0.4) is 0 Å². The van der Waals surface area contributed by atoms with Crippen LogP contribution in [0.4, 0.5) is 10.1 Å². The predicted octanol–water partition coefficient (Wildman–Crippen LogP) is 4.19. The minimum absolute atomic E-state index is 0.0311. The molecule has 0 fully saturated rings. The maximum absolute atomic E-state index is 14.0. The number of carbonyl (C=O) groups is 1. The van der Waals surface area contributed by atoms with Gasteiger partial charge in [0.05, 0.1) is 11.4 Å². The van der Waals surface area contributed by atoms with E-state index in [0.717, 1.165) is 10.2 Å². The largest absolute Gasteiger partial charge is 0.321 e. The molecule has 0 spiro atoms. The quantitative estimate of drug-likeness (QED) is 0.676. The number of nitrogens with zero attached hydrogens (tertiary/aromatic N) is 2. The summed E-state index contributed by atoms with van der Waals surface area (Å²) in [5.41, 5.74) is -0.344. The van der Waals surface area contributed by atoms with E-state index in [0.29, 0.717) is 10.2 Å². The Kier molecular flexibility index (Phi) is 5.23. The summed E-state index contributed by atoms with van der Waals surface area (Å²) in [6, 6.07) is 16.6. The minimum Gasteiger partial charge on any atom is -0.321 e. The number of aromatic nitrogens is 2. The lowest BCUT2D eigenvalue weighted by Crippen LogP contribution is -2.47. The second-order valence-electron chi connectivity index (χ2n) is 6.47. The van der Waals surface area contributed by atoms with Gasteiger partial charge >= 0.3 is 0 Å². The third-order valence-electron chi connectivity index (χ3n) is 4.13. The summed E-state index contributed by atoms with van der Waals surface area (Å²) in [6.45, 7) is 3.12. The molecule has 2 aromatic carbocycles. The molecule has 1 N–H and O–H groups in total. The Morgan fingerprint density at radius 2 is 1.81 bits per heavy atom. The van der Waals surface area contributed by atoms with Gasteiger partial charge in [0.2, 0.25) is 0 Å². The molecular weight excluding hydrogens is 413 g/mol. The molecule has 0 atom stereocenters. The Hall–Kier alpha value is -2.80. The average Bonchev–Trinajstić information content (AvgIpc) is 2.65. The SMILES string of the molecule is CC(C)(C(=O)Nc1ccc(Br)cc1F)n1nc(-c2ccccc2)ccc1=O. The van der Waals surface area contributed by atoms with Gasteiger partial charge in [-0.25, -0.2) is 9.07 Å². The summed E-state index contributed by atoms with van der Waals surface area (Å²) in [6.07, 6.45) is 0. The number of carbonyl (C=O) groups excluding carboxylic acids is 1. The fourth-order valence-electron chi connectivity index (χ4n) is 2.54. The number of anilines is 1. The van der Waals surface area contributed by atoms with Gasteiger partial charge in [-0.1, -0.05) is 46.3 Å². The lowest BCUT2D eigenvalue weighted by Gasteiger charge is -2.25. The van der Waals surface area contributed by atoms with E-state index in [-0.39, 0.29) is 5.69 Å². The van der Waals surface area contributed by atoms with E-state index in [1.165, 1.54) is 18.2 Å². The van der Waals surface area contributed by atoms with Crippen LogP contribution in [0.25, 0.3) is 11.3 Å². The van der Waals surface area contributed by atoms with Crippen molar-refractivity contribution in [1.29, 1.82) is 0 Å². The first-order chi connectivity index (χ1) is 12.8. The summed E-state index contributed by atoms with van der Waals surface area (Å²) >= 11 is 3.17. The van der Waals surface area contributed by atoms with Gasteiger partial charge in [-0.2, -0.15) is 5.10 Å². The summed E-state index contributed by atoms with van der Waals surface area (Å²) < 4.78 is 15.7. The topological polar surface area (TPSA) is 64.0 Å². The lowest BCUT2D eigenvalue weighted by atomic mass is 10.0. The van der Waals surface area contributed by atoms with Crippen molar-refractivity contribution in [2.24, 2.45) is 0 Å². The molecule has 0 saturated carbocycles. The first-order valence-electron chi connectivity index (χ1n) is 8.22. The van der Waals surface area contributed by atoms with Crippen LogP contribution in [0.15, 0.2) is 69.9 Å². The fraction of sp³-hybridized carbons (Fsp3) is 0.150. The fourth-order valence-corrected chi connectivity index (χ4v) is 2.87. The van der Waals surface area contributed by atoms with E-state index in [2.05, 4.69) is 26.3 Å². The molecule has 3 rings (SSSR count). The molecular formula is C20H17BrFN3O2. The Morgan fingerprint density at radius 3 is 2.48 bits per heavy atom. The third kappa shape index (κ3) is 3.98. The highest BCUT2D eigenvalue weighted by molar-refractivity contribution is 9.10. The Morgan fingerprint density at radius 1 is 1.11 bits per heavy atom. The molecule has 7 heteroatoms. The van der Waals surface area contributed by atoms with Gasteiger partial charge in [-0.05, 0) is 38.1 Å². The maximum atomic E-state index is 14.0. The molecule has 1 aromatic heterocycles. The zero-order valence-electron chi connectivity index (χ0n) is 14.7. The number of halogens is 2. The number of hydrogen-bond donors (Lipinski definition) is 1. The van der Waals surface area contributed by atoms with Crippen molar-refractivity contribution in [3.8, 4) is 11.3 Å². The molecule has 138 valence electrons. The molecule has 0 unspecified atom stereocenters. The highest BCUT2D eigenvalue weighted by Crippen LogP contribution is 2.23. The van der Waals surface area contributed by atoms with Gasteiger partial charge in [0.15, 0.2) is 0 Å². The Labute approximate surface area is 164 Å². The van der Waals surface area contributed by atoms with Crippen LogP contribution in [-0.4, -0.2) is 15.7 Å². The first kappa shape index (κ1) is 19.0. The molecule has 0 aliphatic carbocycles. The highest BCUT2D eigenvalue weighted by atomic mass is 79.9. The van der Waals surface area contributed by atoms with Crippen molar-refractivity contribution in [3.05, 3.63) is 81.3 Å². The monoisotopic (exact) mass is 429 g/mol. The van der Waals surface area contributed by atoms with Gasteiger partial charge < -0.3 is 5.32 Å². The van der Waals surface area contributed by atoms with E-state index < -0.39 is 22.8 Å². The molecule has 0 radical (unpaired) electrons. The summed E-state index contributed by atoms with van der Waals surface area (Å²) in [5.74, 6) is -1.13. The Balaban J connectivity index is 1.96. The van der Waals surface area contributed by atoms with E-state index in [1.54, 1.807) is 26.0 Å². The molecule has 0 bridgehead atoms. The van der Waals surface area contributed by atoms with Crippen LogP contribution < -0.4 is 10.9 Å². The number of hydrogen-bond acceptors (Lipinski definition) is 3. The summed E-state index contributed by atoms with van der Waals surface area (Å²) in [5, 5.41) is 6.88. The van der Waals surface area contributed by atoms with Crippen molar-refractivity contribution in [1.82, 2.24) is 9.78 Å². The lowest BCUT2D eigenvalue weighted by molar-refractivity contribution is -0.123. The molecule has 5 nitrogen and oxygen atoms in total. The van der Waals surface area contributed by atoms with Crippen molar-refractivity contribution in [2.75, 3.05) is 5.32 Å². The van der Waals surface area contributed by atoms with Crippen molar-refractivity contribution in [2.45, 2.75) is 19.4 Å². The molecule has 1 amide bonds. The standard InChI is InChI=1S/C20H17BrFN3O2/c1-20(2,19(27)23-17-9-8-14(21)12-15(17)22)25-18(26)11-10-16(24-25)13-6-4-3-5-7-13/h3-12H,1-2H3,(H,23,27). The molecule has 27 heavy (non-hydrogen) atoms. The van der Waals surface area contributed by atoms with E-state index in [1.807, 2.05) is 30.3 Å². The molecule has 1 heterocycles. The smallest absolute Gasteiger partial charge is 0.267 e. The van der Waals surface area contributed by atoms with Crippen molar-refractivity contribution < 1.29 is 9.18 Å². The number of benzene rings is 2. The summed E-state index contributed by atoms with van der Waals surface area (Å²) in [7, 11) is 0. The van der Waals surface area contributed by atoms with Gasteiger partial charge in [-0.15, -0.1) is 0 Å². The van der Waals surface area contributed by atoms with Crippen LogP contribution >= 0.6 is 15.9 Å². The Bertz CT molecular complexity index is 1050. The van der Waals surface area contributed by atoms with E-state index in [9.17, 15) is 14.0 Å². The second-order valence-corrected chi connectivity index (χ2v) is 7.39. The normalized spacial score (nSPS) is 11.3. The highest BCUT2D eigenvalue weighted by Gasteiger charge is 2.32. The van der Waals surface area contributed by atoms with Crippen molar-refractivity contribution >= 4 is 27.5 Å². The minimum atomic E-state index is -1.33. The predicted molar refractivity (Wildman–Crippen MR) is 106 cm³/mol. The van der Waals surface area contributed by atoms with Crippen LogP contribution in [0.2, 0.25) is 0 Å². The average molecular weight is 430 g/mol. The zero-order chi connectivity index (χ0) is 19.6. The van der Waals surface area contributed by atoms with Gasteiger partial charge in [0, 0.05) is 16.1 Å². The molecule has 0 aliphatic rings. The maximum Gasteiger partial charge on any atom is 0.267 e. The first-order valence-corrected chi connectivity index (χ1v) is 9.01. The molecule has 0 aliphatic heterocycles. The number of amides is 1. The van der Waals surface area contributed by atoms with Gasteiger partial charge in [0.1, 0.15) is 11.4 Å². The molecule has 3 aromatic rings. The van der Waals surface area contributed by atoms with Crippen LogP contribution in [0.5, 0.6) is 0 Å². The van der Waals surface area contributed by atoms with E-state index >= 15 is 0 Å². The van der Waals surface area contributed by atoms with Gasteiger partial charge in [0.25, 0.3) is 11.5 Å². The van der Waals surface area contributed by atoms with E-state index in [4.69, 9.17) is 0 Å². The number of nitrogens with one attached hydrogen (secondary N) is 1. The summed E-state index contributed by atoms with van der Waals surface area (Å²) in [4.78, 5) is 25.1. The number of rotatable bonds is 4. The van der Waals surface area contributed by atoms with Crippen LogP contribution in [0.1, 0.15) is 13.8 Å². The zero-order valence-corrected chi connectivity index (χ0v) is 16.3. The second kappa shape index (κ2) is 7.44. The van der Waals surface area contributed by atoms with Crippen LogP contribution in [-0.2, 0) is 10.3 Å².